The number of primary amides is 1. The summed E-state index contributed by atoms with van der Waals surface area (Å²) in [4.78, 5) is 33.7. The van der Waals surface area contributed by atoms with Gasteiger partial charge >= 0.3 is 0 Å². The maximum Gasteiger partial charge on any atom is 0.232 e. The highest BCUT2D eigenvalue weighted by Gasteiger charge is 2.37. The third kappa shape index (κ3) is 8.25. The zero-order valence-electron chi connectivity index (χ0n) is 26.1. The number of aliphatic imine (C=N–C) groups is 1. The Morgan fingerprint density at radius 1 is 1.17 bits per heavy atom. The number of carbonyl (C=O) groups is 2. The molecule has 3 fully saturated rings. The van der Waals surface area contributed by atoms with Crippen LogP contribution in [0.25, 0.3) is 0 Å². The summed E-state index contributed by atoms with van der Waals surface area (Å²) in [6, 6.07) is 6.82. The Morgan fingerprint density at radius 2 is 1.83 bits per heavy atom. The molecule has 1 unspecified atom stereocenters. The second-order valence-corrected chi connectivity index (χ2v) is 11.3. The number of piperidine rings is 1. The van der Waals surface area contributed by atoms with Crippen molar-refractivity contribution in [2.75, 3.05) is 46.2 Å². The Morgan fingerprint density at radius 3 is 2.43 bits per heavy atom. The summed E-state index contributed by atoms with van der Waals surface area (Å²) in [6.07, 6.45) is 14.1. The van der Waals surface area contributed by atoms with Crippen molar-refractivity contribution in [2.45, 2.75) is 70.8 Å². The number of nitrogens with one attached hydrogen (secondary N) is 1. The van der Waals surface area contributed by atoms with E-state index in [1.54, 1.807) is 12.0 Å². The number of rotatable bonds is 8. The Hall–Kier alpha value is -3.59. The monoisotopic (exact) mass is 578 g/mol. The number of methoxy groups -OCH3 is 1. The van der Waals surface area contributed by atoms with E-state index in [1.807, 2.05) is 33.0 Å². The third-order valence-corrected chi connectivity index (χ3v) is 8.59. The lowest BCUT2D eigenvalue weighted by Crippen LogP contribution is -2.42. The average Bonchev–Trinajstić information content (AvgIpc) is 3.50. The molecule has 0 bridgehead atoms. The molecule has 2 aliphatic heterocycles. The third-order valence-electron chi connectivity index (χ3n) is 8.59. The van der Waals surface area contributed by atoms with Gasteiger partial charge in [0.05, 0.1) is 24.4 Å². The van der Waals surface area contributed by atoms with Crippen LogP contribution in [0.3, 0.4) is 0 Å². The molecule has 2 amide bonds. The minimum atomic E-state index is -0.108. The highest BCUT2D eigenvalue weighted by molar-refractivity contribution is 6.04. The summed E-state index contributed by atoms with van der Waals surface area (Å²) in [7, 11) is 5.77. The molecule has 4 rings (SSSR count). The Balaban J connectivity index is 0.00000155. The van der Waals surface area contributed by atoms with Crippen molar-refractivity contribution < 1.29 is 14.3 Å². The van der Waals surface area contributed by atoms with E-state index in [0.29, 0.717) is 24.3 Å². The fraction of sp³-hybridized carbons (Fsp3) is 0.545. The van der Waals surface area contributed by atoms with Gasteiger partial charge < -0.3 is 30.5 Å². The summed E-state index contributed by atoms with van der Waals surface area (Å²) >= 11 is 0. The van der Waals surface area contributed by atoms with Crippen molar-refractivity contribution >= 4 is 23.8 Å². The summed E-state index contributed by atoms with van der Waals surface area (Å²) in [5.74, 6) is 2.74. The van der Waals surface area contributed by atoms with Crippen LogP contribution in [0, 0.1) is 5.92 Å². The number of ether oxygens (including phenoxy) is 1. The normalized spacial score (nSPS) is 22.8. The summed E-state index contributed by atoms with van der Waals surface area (Å²) in [6.45, 7) is 11.2. The van der Waals surface area contributed by atoms with E-state index < -0.39 is 0 Å². The Bertz CT molecular complexity index is 1160. The SMILES string of the molecule is C=C(/N=C1\C(=C/C)N(C)C(=O)C(C/C=C\C)CN1C1CCCC1)Nc1ccc(C2CCN(C)CC2)cc1OC.NC=O. The first-order valence-electron chi connectivity index (χ1n) is 15.2. The molecule has 9 nitrogen and oxygen atoms in total. The molecule has 9 heteroatoms. The second-order valence-electron chi connectivity index (χ2n) is 11.3. The molecule has 0 aromatic heterocycles. The molecular formula is C33H50N6O3. The van der Waals surface area contributed by atoms with Gasteiger partial charge in [0.15, 0.2) is 5.84 Å². The van der Waals surface area contributed by atoms with Gasteiger partial charge in [0, 0.05) is 19.6 Å². The molecule has 2 heterocycles. The number of nitrogens with two attached hydrogens (primary N) is 1. The predicted octanol–water partition coefficient (Wildman–Crippen LogP) is 5.09. The minimum absolute atomic E-state index is 0.108. The molecule has 2 saturated heterocycles. The minimum Gasteiger partial charge on any atom is -0.495 e. The zero-order chi connectivity index (χ0) is 30.6. The number of allylic oxidation sites excluding steroid dienone is 3. The van der Waals surface area contributed by atoms with Gasteiger partial charge in [-0.1, -0.05) is 43.7 Å². The Kier molecular flexibility index (Phi) is 12.7. The van der Waals surface area contributed by atoms with Crippen LogP contribution in [0.15, 0.2) is 59.5 Å². The molecular weight excluding hydrogens is 528 g/mol. The zero-order valence-corrected chi connectivity index (χ0v) is 26.1. The molecule has 42 heavy (non-hydrogen) atoms. The first-order chi connectivity index (χ1) is 20.3. The Labute approximate surface area is 252 Å². The predicted molar refractivity (Wildman–Crippen MR) is 171 cm³/mol. The van der Waals surface area contributed by atoms with Gasteiger partial charge in [-0.05, 0) is 89.7 Å². The number of amidine groups is 1. The molecule has 1 aliphatic carbocycles. The van der Waals surface area contributed by atoms with Gasteiger partial charge in [-0.25, -0.2) is 4.99 Å². The number of hydrogen-bond acceptors (Lipinski definition) is 6. The summed E-state index contributed by atoms with van der Waals surface area (Å²) in [5, 5.41) is 3.41. The number of hydrogen-bond donors (Lipinski definition) is 2. The largest absolute Gasteiger partial charge is 0.495 e. The molecule has 230 valence electrons. The first kappa shape index (κ1) is 32.9. The first-order valence-corrected chi connectivity index (χ1v) is 15.2. The van der Waals surface area contributed by atoms with Crippen LogP contribution in [0.5, 0.6) is 5.75 Å². The van der Waals surface area contributed by atoms with Crippen molar-refractivity contribution in [1.82, 2.24) is 14.7 Å². The molecule has 1 atom stereocenters. The van der Waals surface area contributed by atoms with Crippen LogP contribution < -0.4 is 15.8 Å². The van der Waals surface area contributed by atoms with E-state index in [2.05, 4.69) is 58.8 Å². The van der Waals surface area contributed by atoms with E-state index >= 15 is 0 Å². The van der Waals surface area contributed by atoms with E-state index in [-0.39, 0.29) is 18.2 Å². The highest BCUT2D eigenvalue weighted by atomic mass is 16.5. The van der Waals surface area contributed by atoms with Crippen molar-refractivity contribution in [1.29, 1.82) is 0 Å². The number of nitrogens with zero attached hydrogens (tertiary/aromatic N) is 4. The summed E-state index contributed by atoms with van der Waals surface area (Å²) < 4.78 is 5.79. The van der Waals surface area contributed by atoms with E-state index in [9.17, 15) is 4.79 Å². The number of amides is 2. The lowest BCUT2D eigenvalue weighted by atomic mass is 9.89. The molecule has 1 aromatic carbocycles. The highest BCUT2D eigenvalue weighted by Crippen LogP contribution is 2.35. The van der Waals surface area contributed by atoms with Gasteiger partial charge in [0.2, 0.25) is 12.3 Å². The fourth-order valence-electron chi connectivity index (χ4n) is 6.27. The number of benzene rings is 1. The number of likely N-dealkylation sites (N-methyl/N-ethyl adjacent to an activating group) is 1. The lowest BCUT2D eigenvalue weighted by molar-refractivity contribution is -0.131. The molecule has 3 aliphatic rings. The van der Waals surface area contributed by atoms with Gasteiger partial charge in [-0.2, -0.15) is 0 Å². The smallest absolute Gasteiger partial charge is 0.232 e. The lowest BCUT2D eigenvalue weighted by Gasteiger charge is -2.32. The van der Waals surface area contributed by atoms with E-state index in [0.717, 1.165) is 68.2 Å². The average molecular weight is 579 g/mol. The van der Waals surface area contributed by atoms with Gasteiger partial charge in [0.25, 0.3) is 0 Å². The quantitative estimate of drug-likeness (QED) is 0.329. The number of carbonyl (C=O) groups excluding carboxylic acids is 2. The fourth-order valence-corrected chi connectivity index (χ4v) is 6.27. The van der Waals surface area contributed by atoms with Crippen molar-refractivity contribution in [3.63, 3.8) is 0 Å². The summed E-state index contributed by atoms with van der Waals surface area (Å²) in [5.41, 5.74) is 7.17. The van der Waals surface area contributed by atoms with Crippen LogP contribution in [-0.2, 0) is 9.59 Å². The van der Waals surface area contributed by atoms with Gasteiger partial charge in [-0.15, -0.1) is 0 Å². The molecule has 0 spiro atoms. The second kappa shape index (κ2) is 16.2. The standard InChI is InChI=1S/C32H47N5O2.CH3NO/c1-7-9-12-26-22-37(27-13-10-11-14-27)31(29(8-2)36(5)32(26)38)34-23(3)33-28-16-15-25(21-30(28)39-6)24-17-19-35(4)20-18-24;2-1-3/h7-9,15-16,21,24,26-27,33H,3,10-14,17-20,22H2,1-2,4-6H3;1H,(H2,2,3)/b9-7-,29-8+,34-31+;. The van der Waals surface area contributed by atoms with E-state index in [4.69, 9.17) is 14.5 Å². The topological polar surface area (TPSA) is 104 Å². The number of likely N-dealkylation sites (tertiary alicyclic amines) is 1. The molecule has 1 aromatic rings. The molecule has 3 N–H and O–H groups in total. The van der Waals surface area contributed by atoms with Crippen LogP contribution in [0.4, 0.5) is 5.69 Å². The van der Waals surface area contributed by atoms with Gasteiger partial charge in [-0.3, -0.25) is 9.59 Å². The maximum atomic E-state index is 13.5. The van der Waals surface area contributed by atoms with Crippen LogP contribution in [0.2, 0.25) is 0 Å². The molecule has 1 saturated carbocycles. The molecule has 0 radical (unpaired) electrons. The van der Waals surface area contributed by atoms with Crippen molar-refractivity contribution in [3.05, 3.63) is 60.1 Å². The van der Waals surface area contributed by atoms with Crippen molar-refractivity contribution in [2.24, 2.45) is 16.6 Å². The van der Waals surface area contributed by atoms with Crippen LogP contribution in [0.1, 0.15) is 70.3 Å². The van der Waals surface area contributed by atoms with E-state index in [1.165, 1.54) is 18.4 Å². The van der Waals surface area contributed by atoms with Crippen molar-refractivity contribution in [3.8, 4) is 5.75 Å². The van der Waals surface area contributed by atoms with Gasteiger partial charge in [0.1, 0.15) is 11.6 Å². The maximum absolute atomic E-state index is 13.5. The van der Waals surface area contributed by atoms with Crippen LogP contribution >= 0.6 is 0 Å². The van der Waals surface area contributed by atoms with Crippen LogP contribution in [-0.4, -0.2) is 79.7 Å². The number of anilines is 1.